The number of azo groups is 1. The molecule has 0 unspecified atom stereocenters. The van der Waals surface area contributed by atoms with Gasteiger partial charge in [-0.2, -0.15) is 0 Å². The van der Waals surface area contributed by atoms with E-state index < -0.39 is 5.97 Å². The number of methoxy groups -OCH3 is 1. The van der Waals surface area contributed by atoms with Crippen molar-refractivity contribution in [2.24, 2.45) is 10.2 Å². The number of pyridine rings is 1. The van der Waals surface area contributed by atoms with Gasteiger partial charge in [0.1, 0.15) is 11.4 Å². The molecule has 0 bridgehead atoms. The SMILES string of the molecule is COC(=O)Cc1nc2c(O)cccn2c1N=Nc1ccccc1O. The van der Waals surface area contributed by atoms with Crippen LogP contribution < -0.4 is 0 Å². The van der Waals surface area contributed by atoms with Gasteiger partial charge in [-0.3, -0.25) is 9.20 Å². The Labute approximate surface area is 136 Å². The molecule has 122 valence electrons. The van der Waals surface area contributed by atoms with E-state index in [1.807, 2.05) is 0 Å². The number of aromatic nitrogens is 2. The van der Waals surface area contributed by atoms with Crippen LogP contribution in [0.2, 0.25) is 0 Å². The van der Waals surface area contributed by atoms with Crippen molar-refractivity contribution in [1.29, 1.82) is 0 Å². The summed E-state index contributed by atoms with van der Waals surface area (Å²) in [4.78, 5) is 15.8. The van der Waals surface area contributed by atoms with Crippen molar-refractivity contribution in [1.82, 2.24) is 9.38 Å². The Hall–Kier alpha value is -3.42. The molecule has 2 heterocycles. The minimum atomic E-state index is -0.489. The average molecular weight is 326 g/mol. The van der Waals surface area contributed by atoms with Crippen molar-refractivity contribution in [2.45, 2.75) is 6.42 Å². The van der Waals surface area contributed by atoms with Crippen molar-refractivity contribution in [3.05, 3.63) is 48.3 Å². The normalized spacial score (nSPS) is 11.2. The first-order valence-electron chi connectivity index (χ1n) is 7.05. The highest BCUT2D eigenvalue weighted by Crippen LogP contribution is 2.31. The Morgan fingerprint density at radius 2 is 1.92 bits per heavy atom. The topological polar surface area (TPSA) is 109 Å². The lowest BCUT2D eigenvalue weighted by molar-refractivity contribution is -0.139. The maximum absolute atomic E-state index is 11.6. The first kappa shape index (κ1) is 15.5. The molecule has 0 saturated carbocycles. The molecule has 24 heavy (non-hydrogen) atoms. The molecule has 0 saturated heterocycles. The molecule has 0 radical (unpaired) electrons. The first-order chi connectivity index (χ1) is 11.6. The van der Waals surface area contributed by atoms with Crippen LogP contribution in [0.1, 0.15) is 5.69 Å². The fraction of sp³-hybridized carbons (Fsp3) is 0.125. The second-order valence-corrected chi connectivity index (χ2v) is 4.91. The highest BCUT2D eigenvalue weighted by molar-refractivity contribution is 5.75. The largest absolute Gasteiger partial charge is 0.506 e. The number of aromatic hydroxyl groups is 2. The van der Waals surface area contributed by atoms with Crippen molar-refractivity contribution in [3.63, 3.8) is 0 Å². The van der Waals surface area contributed by atoms with E-state index in [9.17, 15) is 15.0 Å². The molecule has 0 aliphatic heterocycles. The van der Waals surface area contributed by atoms with E-state index in [4.69, 9.17) is 0 Å². The van der Waals surface area contributed by atoms with Crippen LogP contribution in [-0.4, -0.2) is 32.7 Å². The van der Waals surface area contributed by atoms with E-state index in [1.54, 1.807) is 30.5 Å². The molecule has 0 atom stereocenters. The molecular weight excluding hydrogens is 312 g/mol. The molecule has 0 spiro atoms. The lowest BCUT2D eigenvalue weighted by Gasteiger charge is -2.00. The van der Waals surface area contributed by atoms with Gasteiger partial charge in [0, 0.05) is 6.20 Å². The van der Waals surface area contributed by atoms with E-state index in [-0.39, 0.29) is 35.1 Å². The van der Waals surface area contributed by atoms with Gasteiger partial charge in [-0.1, -0.05) is 12.1 Å². The molecule has 3 aromatic rings. The summed E-state index contributed by atoms with van der Waals surface area (Å²) in [6.07, 6.45) is 1.52. The zero-order valence-corrected chi connectivity index (χ0v) is 12.7. The number of hydrogen-bond donors (Lipinski definition) is 2. The zero-order chi connectivity index (χ0) is 17.1. The minimum absolute atomic E-state index is 0.0209. The van der Waals surface area contributed by atoms with Crippen LogP contribution in [0.5, 0.6) is 11.5 Å². The van der Waals surface area contributed by atoms with E-state index in [0.29, 0.717) is 5.69 Å². The minimum Gasteiger partial charge on any atom is -0.506 e. The molecule has 1 aromatic carbocycles. The summed E-state index contributed by atoms with van der Waals surface area (Å²) < 4.78 is 6.17. The van der Waals surface area contributed by atoms with Crippen LogP contribution in [0.4, 0.5) is 11.5 Å². The summed E-state index contributed by atoms with van der Waals surface area (Å²) in [6, 6.07) is 9.57. The Kier molecular flexibility index (Phi) is 4.11. The maximum Gasteiger partial charge on any atom is 0.311 e. The number of phenols is 1. The van der Waals surface area contributed by atoms with Gasteiger partial charge in [-0.25, -0.2) is 4.98 Å². The second kappa shape index (κ2) is 6.37. The molecule has 8 nitrogen and oxygen atoms in total. The number of para-hydroxylation sites is 1. The zero-order valence-electron chi connectivity index (χ0n) is 12.7. The average Bonchev–Trinajstić information content (AvgIpc) is 2.93. The van der Waals surface area contributed by atoms with Crippen LogP contribution in [0.3, 0.4) is 0 Å². The van der Waals surface area contributed by atoms with Crippen molar-refractivity contribution >= 4 is 23.1 Å². The summed E-state index contributed by atoms with van der Waals surface area (Å²) in [5.41, 5.74) is 0.835. The summed E-state index contributed by atoms with van der Waals surface area (Å²) in [7, 11) is 1.28. The van der Waals surface area contributed by atoms with Gasteiger partial charge < -0.3 is 14.9 Å². The molecule has 3 rings (SSSR count). The third-order valence-corrected chi connectivity index (χ3v) is 3.35. The number of esters is 1. The third kappa shape index (κ3) is 2.89. The molecule has 8 heteroatoms. The number of ether oxygens (including phenoxy) is 1. The van der Waals surface area contributed by atoms with Gasteiger partial charge in [-0.15, -0.1) is 10.2 Å². The number of benzene rings is 1. The fourth-order valence-electron chi connectivity index (χ4n) is 2.17. The molecular formula is C16H14N4O4. The summed E-state index contributed by atoms with van der Waals surface area (Å²) in [6.45, 7) is 0. The standard InChI is InChI=1S/C16H14N4O4/c1-24-14(23)9-11-15(19-18-10-5-2-3-6-12(10)21)20-8-4-7-13(22)16(20)17-11/h2-8,21-22H,9H2,1H3. The Bertz CT molecular complexity index is 933. The number of hydrogen-bond acceptors (Lipinski definition) is 7. The number of fused-ring (bicyclic) bond motifs is 1. The van der Waals surface area contributed by atoms with Crippen LogP contribution in [0, 0.1) is 0 Å². The Balaban J connectivity index is 2.10. The van der Waals surface area contributed by atoms with Crippen LogP contribution in [0.15, 0.2) is 52.8 Å². The lowest BCUT2D eigenvalue weighted by Crippen LogP contribution is -2.04. The van der Waals surface area contributed by atoms with E-state index in [2.05, 4.69) is 19.9 Å². The molecule has 0 aliphatic carbocycles. The summed E-state index contributed by atoms with van der Waals surface area (Å²) >= 11 is 0. The van der Waals surface area contributed by atoms with Crippen LogP contribution in [0.25, 0.3) is 5.65 Å². The van der Waals surface area contributed by atoms with Gasteiger partial charge in [0.25, 0.3) is 0 Å². The third-order valence-electron chi connectivity index (χ3n) is 3.35. The molecule has 2 aromatic heterocycles. The fourth-order valence-corrected chi connectivity index (χ4v) is 2.17. The van der Waals surface area contributed by atoms with Crippen molar-refractivity contribution in [3.8, 4) is 11.5 Å². The highest BCUT2D eigenvalue weighted by Gasteiger charge is 2.17. The maximum atomic E-state index is 11.6. The van der Waals surface area contributed by atoms with Gasteiger partial charge in [0.15, 0.2) is 17.2 Å². The first-order valence-corrected chi connectivity index (χ1v) is 7.05. The molecule has 0 fully saturated rings. The monoisotopic (exact) mass is 326 g/mol. The number of carbonyl (C=O) groups excluding carboxylic acids is 1. The van der Waals surface area contributed by atoms with Gasteiger partial charge in [-0.05, 0) is 24.3 Å². The number of nitrogens with zero attached hydrogens (tertiary/aromatic N) is 4. The van der Waals surface area contributed by atoms with E-state index >= 15 is 0 Å². The van der Waals surface area contributed by atoms with Crippen LogP contribution in [-0.2, 0) is 16.0 Å². The predicted molar refractivity (Wildman–Crippen MR) is 84.9 cm³/mol. The predicted octanol–water partition coefficient (Wildman–Crippen LogP) is 2.88. The Morgan fingerprint density at radius 1 is 1.17 bits per heavy atom. The number of rotatable bonds is 4. The number of imidazole rings is 1. The van der Waals surface area contributed by atoms with Crippen LogP contribution >= 0.6 is 0 Å². The molecule has 0 aliphatic rings. The summed E-state index contributed by atoms with van der Waals surface area (Å²) in [5, 5.41) is 27.8. The van der Waals surface area contributed by atoms with Gasteiger partial charge in [0.2, 0.25) is 0 Å². The highest BCUT2D eigenvalue weighted by atomic mass is 16.5. The van der Waals surface area contributed by atoms with Crippen molar-refractivity contribution < 1.29 is 19.7 Å². The smallest absolute Gasteiger partial charge is 0.311 e. The van der Waals surface area contributed by atoms with E-state index in [1.165, 1.54) is 23.6 Å². The molecule has 0 amide bonds. The van der Waals surface area contributed by atoms with E-state index in [0.717, 1.165) is 0 Å². The number of phenolic OH excluding ortho intramolecular Hbond substituents is 1. The number of carbonyl (C=O) groups is 1. The van der Waals surface area contributed by atoms with Crippen molar-refractivity contribution in [2.75, 3.05) is 7.11 Å². The van der Waals surface area contributed by atoms with Gasteiger partial charge >= 0.3 is 5.97 Å². The molecule has 2 N–H and O–H groups in total. The lowest BCUT2D eigenvalue weighted by atomic mass is 10.3. The second-order valence-electron chi connectivity index (χ2n) is 4.91. The quantitative estimate of drug-likeness (QED) is 0.566. The Morgan fingerprint density at radius 3 is 2.67 bits per heavy atom. The van der Waals surface area contributed by atoms with Gasteiger partial charge in [0.05, 0.1) is 19.2 Å². The summed E-state index contributed by atoms with van der Waals surface area (Å²) in [5.74, 6) is -0.286.